The fraction of sp³-hybridized carbons (Fsp3) is 0.440. The lowest BCUT2D eigenvalue weighted by atomic mass is 9.96. The first kappa shape index (κ1) is 24.9. The van der Waals surface area contributed by atoms with Crippen molar-refractivity contribution >= 4 is 21.7 Å². The number of rotatable bonds is 10. The van der Waals surface area contributed by atoms with Crippen molar-refractivity contribution in [1.82, 2.24) is 10.2 Å². The second kappa shape index (κ2) is 11.9. The molecule has 2 aromatic rings. The third-order valence-corrected chi connectivity index (χ3v) is 7.57. The number of nitrogens with one attached hydrogen (secondary N) is 1. The third-order valence-electron chi connectivity index (χ3n) is 5.98. The first-order valence-electron chi connectivity index (χ1n) is 11.4. The molecule has 0 unspecified atom stereocenters. The molecule has 6 nitrogen and oxygen atoms in total. The van der Waals surface area contributed by atoms with Crippen molar-refractivity contribution in [3.05, 3.63) is 71.5 Å². The van der Waals surface area contributed by atoms with E-state index in [4.69, 9.17) is 0 Å². The number of sulfone groups is 1. The minimum absolute atomic E-state index is 0.0193. The van der Waals surface area contributed by atoms with Gasteiger partial charge in [-0.2, -0.15) is 0 Å². The van der Waals surface area contributed by atoms with Crippen LogP contribution in [-0.4, -0.2) is 56.3 Å². The van der Waals surface area contributed by atoms with Gasteiger partial charge in [0.2, 0.25) is 11.8 Å². The second-order valence-corrected chi connectivity index (χ2v) is 10.7. The van der Waals surface area contributed by atoms with Gasteiger partial charge in [0.1, 0.15) is 11.6 Å². The van der Waals surface area contributed by atoms with Crippen molar-refractivity contribution in [3.63, 3.8) is 0 Å². The van der Waals surface area contributed by atoms with E-state index in [1.54, 1.807) is 18.2 Å². The maximum atomic E-state index is 13.7. The smallest absolute Gasteiger partial charge is 0.237 e. The van der Waals surface area contributed by atoms with E-state index in [0.29, 0.717) is 57.3 Å². The van der Waals surface area contributed by atoms with Crippen LogP contribution in [0.5, 0.6) is 0 Å². The van der Waals surface area contributed by atoms with Gasteiger partial charge in [0.25, 0.3) is 0 Å². The van der Waals surface area contributed by atoms with Gasteiger partial charge >= 0.3 is 0 Å². The molecule has 1 fully saturated rings. The van der Waals surface area contributed by atoms with Crippen LogP contribution in [-0.2, 0) is 32.3 Å². The molecule has 1 saturated heterocycles. The number of hydrogen-bond acceptors (Lipinski definition) is 4. The number of hydrogen-bond donors (Lipinski definition) is 1. The molecule has 2 aromatic carbocycles. The molecule has 0 atom stereocenters. The van der Waals surface area contributed by atoms with E-state index >= 15 is 0 Å². The summed E-state index contributed by atoms with van der Waals surface area (Å²) in [6.45, 7) is 1.08. The number of nitrogens with zero attached hydrogens (tertiary/aromatic N) is 1. The molecule has 0 aliphatic carbocycles. The van der Waals surface area contributed by atoms with E-state index in [1.165, 1.54) is 11.0 Å². The fourth-order valence-corrected chi connectivity index (χ4v) is 5.34. The van der Waals surface area contributed by atoms with E-state index in [9.17, 15) is 22.4 Å². The van der Waals surface area contributed by atoms with E-state index < -0.39 is 21.5 Å². The predicted octanol–water partition coefficient (Wildman–Crippen LogP) is 2.77. The minimum Gasteiger partial charge on any atom is -0.356 e. The van der Waals surface area contributed by atoms with E-state index in [0.717, 1.165) is 5.56 Å². The number of amides is 2. The number of aryl methyl sites for hydroxylation is 1. The third kappa shape index (κ3) is 7.96. The zero-order chi connectivity index (χ0) is 23.7. The highest BCUT2D eigenvalue weighted by Gasteiger charge is 2.29. The summed E-state index contributed by atoms with van der Waals surface area (Å²) < 4.78 is 38.4. The van der Waals surface area contributed by atoms with Gasteiger partial charge in [0, 0.05) is 25.6 Å². The maximum Gasteiger partial charge on any atom is 0.237 e. The number of carbonyl (C=O) groups excluding carboxylic acids is 2. The van der Waals surface area contributed by atoms with Gasteiger partial charge in [-0.25, -0.2) is 12.8 Å². The largest absolute Gasteiger partial charge is 0.356 e. The van der Waals surface area contributed by atoms with Crippen LogP contribution in [0, 0.1) is 11.7 Å². The lowest BCUT2D eigenvalue weighted by Gasteiger charge is -2.31. The zero-order valence-electron chi connectivity index (χ0n) is 18.7. The summed E-state index contributed by atoms with van der Waals surface area (Å²) in [6.07, 6.45) is 2.54. The Balaban J connectivity index is 1.36. The molecule has 1 aliphatic rings. The molecule has 0 radical (unpaired) electrons. The predicted molar refractivity (Wildman–Crippen MR) is 126 cm³/mol. The number of carbonyl (C=O) groups is 2. The summed E-state index contributed by atoms with van der Waals surface area (Å²) in [4.78, 5) is 26.4. The van der Waals surface area contributed by atoms with Crippen molar-refractivity contribution in [3.8, 4) is 0 Å². The Morgan fingerprint density at radius 1 is 0.970 bits per heavy atom. The highest BCUT2D eigenvalue weighted by Crippen LogP contribution is 2.18. The van der Waals surface area contributed by atoms with Crippen molar-refractivity contribution in [2.24, 2.45) is 5.92 Å². The first-order chi connectivity index (χ1) is 15.8. The Morgan fingerprint density at radius 3 is 2.33 bits per heavy atom. The molecular weight excluding hydrogens is 443 g/mol. The van der Waals surface area contributed by atoms with Crippen LogP contribution in [0.1, 0.15) is 30.4 Å². The van der Waals surface area contributed by atoms with Crippen molar-refractivity contribution in [2.75, 3.05) is 31.1 Å². The zero-order valence-corrected chi connectivity index (χ0v) is 19.5. The standard InChI is InChI=1S/C25H31FN2O4S/c26-23-11-5-4-10-21(23)12-15-27-25(30)22-13-16-28(17-14-22)24(29)19-33(31,32)18-6-9-20-7-2-1-3-8-20/h1-5,7-8,10-11,22H,6,9,12-19H2,(H,27,30). The molecule has 2 amide bonds. The molecule has 0 spiro atoms. The van der Waals surface area contributed by atoms with E-state index in [-0.39, 0.29) is 23.4 Å². The lowest BCUT2D eigenvalue weighted by Crippen LogP contribution is -2.45. The lowest BCUT2D eigenvalue weighted by molar-refractivity contribution is -0.133. The molecule has 1 heterocycles. The summed E-state index contributed by atoms with van der Waals surface area (Å²) in [5.41, 5.74) is 1.64. The molecule has 0 aromatic heterocycles. The Hall–Kier alpha value is -2.74. The number of likely N-dealkylation sites (tertiary alicyclic amines) is 1. The maximum absolute atomic E-state index is 13.7. The van der Waals surface area contributed by atoms with Crippen LogP contribution in [0.15, 0.2) is 54.6 Å². The van der Waals surface area contributed by atoms with Crippen LogP contribution in [0.3, 0.4) is 0 Å². The Bertz CT molecular complexity index is 1040. The van der Waals surface area contributed by atoms with Crippen LogP contribution in [0.4, 0.5) is 4.39 Å². The first-order valence-corrected chi connectivity index (χ1v) is 13.2. The minimum atomic E-state index is -3.47. The monoisotopic (exact) mass is 474 g/mol. The van der Waals surface area contributed by atoms with Gasteiger partial charge in [-0.1, -0.05) is 48.5 Å². The molecule has 1 N–H and O–H groups in total. The van der Waals surface area contributed by atoms with Crippen molar-refractivity contribution in [2.45, 2.75) is 32.1 Å². The molecule has 178 valence electrons. The summed E-state index contributed by atoms with van der Waals surface area (Å²) in [7, 11) is -3.47. The number of halogens is 1. The van der Waals surface area contributed by atoms with Gasteiger partial charge in [-0.15, -0.1) is 0 Å². The molecule has 3 rings (SSSR count). The van der Waals surface area contributed by atoms with Gasteiger partial charge in [0.05, 0.1) is 5.75 Å². The Labute approximate surface area is 195 Å². The van der Waals surface area contributed by atoms with Crippen LogP contribution < -0.4 is 5.32 Å². The highest BCUT2D eigenvalue weighted by molar-refractivity contribution is 7.92. The number of piperidine rings is 1. The summed E-state index contributed by atoms with van der Waals surface area (Å²) in [6, 6.07) is 16.1. The Morgan fingerprint density at radius 2 is 1.64 bits per heavy atom. The van der Waals surface area contributed by atoms with Gasteiger partial charge < -0.3 is 10.2 Å². The van der Waals surface area contributed by atoms with Crippen LogP contribution >= 0.6 is 0 Å². The highest BCUT2D eigenvalue weighted by atomic mass is 32.2. The fourth-order valence-electron chi connectivity index (χ4n) is 4.05. The molecule has 0 bridgehead atoms. The SMILES string of the molecule is O=C(NCCc1ccccc1F)C1CCN(C(=O)CS(=O)(=O)CCCc2ccccc2)CC1. The molecule has 8 heteroatoms. The van der Waals surface area contributed by atoms with Gasteiger partial charge in [-0.3, -0.25) is 9.59 Å². The topological polar surface area (TPSA) is 83.6 Å². The quantitative estimate of drug-likeness (QED) is 0.574. The average molecular weight is 475 g/mol. The summed E-state index contributed by atoms with van der Waals surface area (Å²) in [5, 5.41) is 2.84. The molecular formula is C25H31FN2O4S. The second-order valence-electron chi connectivity index (χ2n) is 8.47. The molecule has 1 aliphatic heterocycles. The Kier molecular flexibility index (Phi) is 9.00. The molecule has 0 saturated carbocycles. The van der Waals surface area contributed by atoms with Gasteiger partial charge in [-0.05, 0) is 49.3 Å². The normalized spacial score (nSPS) is 14.8. The van der Waals surface area contributed by atoms with E-state index in [1.807, 2.05) is 30.3 Å². The van der Waals surface area contributed by atoms with E-state index in [2.05, 4.69) is 5.32 Å². The van der Waals surface area contributed by atoms with Crippen molar-refractivity contribution < 1.29 is 22.4 Å². The summed E-state index contributed by atoms with van der Waals surface area (Å²) >= 11 is 0. The molecule has 33 heavy (non-hydrogen) atoms. The number of benzene rings is 2. The van der Waals surface area contributed by atoms with Crippen LogP contribution in [0.25, 0.3) is 0 Å². The van der Waals surface area contributed by atoms with Crippen molar-refractivity contribution in [1.29, 1.82) is 0 Å². The van der Waals surface area contributed by atoms with Gasteiger partial charge in [0.15, 0.2) is 9.84 Å². The van der Waals surface area contributed by atoms with Crippen LogP contribution in [0.2, 0.25) is 0 Å². The average Bonchev–Trinajstić information content (AvgIpc) is 2.80. The summed E-state index contributed by atoms with van der Waals surface area (Å²) in [5.74, 6) is -1.51.